The number of ether oxygens (including phenoxy) is 1. The smallest absolute Gasteiger partial charge is 0.248 e. The summed E-state index contributed by atoms with van der Waals surface area (Å²) in [5.74, 6) is 0.983. The van der Waals surface area contributed by atoms with Crippen LogP contribution in [0.5, 0.6) is 11.5 Å². The number of nitrogens with zero attached hydrogens (tertiary/aromatic N) is 1. The number of carbonyl (C=O) groups is 1. The molecule has 4 nitrogen and oxygen atoms in total. The summed E-state index contributed by atoms with van der Waals surface area (Å²) in [6, 6.07) is 26.5. The van der Waals surface area contributed by atoms with Gasteiger partial charge in [0, 0.05) is 38.8 Å². The van der Waals surface area contributed by atoms with E-state index in [-0.39, 0.29) is 5.91 Å². The van der Waals surface area contributed by atoms with E-state index in [1.54, 1.807) is 42.4 Å². The first-order valence-electron chi connectivity index (χ1n) is 9.84. The van der Waals surface area contributed by atoms with Crippen LogP contribution in [0, 0.1) is 0 Å². The monoisotopic (exact) mass is 458 g/mol. The van der Waals surface area contributed by atoms with Crippen molar-refractivity contribution in [3.63, 3.8) is 0 Å². The summed E-state index contributed by atoms with van der Waals surface area (Å²) < 4.78 is 5.96. The van der Waals surface area contributed by atoms with Crippen molar-refractivity contribution in [2.24, 2.45) is 0 Å². The zero-order chi connectivity index (χ0) is 22.2. The van der Waals surface area contributed by atoms with E-state index in [1.165, 1.54) is 6.08 Å². The topological polar surface area (TPSA) is 51.2 Å². The summed E-state index contributed by atoms with van der Waals surface area (Å²) in [6.45, 7) is 0. The third-order valence-electron chi connectivity index (χ3n) is 4.29. The molecule has 0 bridgehead atoms. The second kappa shape index (κ2) is 10.7. The molecule has 0 fully saturated rings. The third-order valence-corrected chi connectivity index (χ3v) is 5.52. The molecule has 0 atom stereocenters. The third kappa shape index (κ3) is 6.48. The molecule has 32 heavy (non-hydrogen) atoms. The fourth-order valence-electron chi connectivity index (χ4n) is 2.86. The molecule has 0 aliphatic rings. The second-order valence-electron chi connectivity index (χ2n) is 6.77. The summed E-state index contributed by atoms with van der Waals surface area (Å²) in [7, 11) is 0. The van der Waals surface area contributed by atoms with E-state index in [1.807, 2.05) is 72.8 Å². The first kappa shape index (κ1) is 21.7. The van der Waals surface area contributed by atoms with E-state index in [0.717, 1.165) is 15.4 Å². The molecule has 1 amide bonds. The molecule has 0 aliphatic carbocycles. The first-order valence-corrected chi connectivity index (χ1v) is 11.0. The van der Waals surface area contributed by atoms with Gasteiger partial charge in [-0.2, -0.15) is 0 Å². The van der Waals surface area contributed by atoms with Gasteiger partial charge in [-0.25, -0.2) is 0 Å². The molecule has 0 spiro atoms. The van der Waals surface area contributed by atoms with Crippen LogP contribution in [0.3, 0.4) is 0 Å². The Labute approximate surface area is 195 Å². The number of halogens is 1. The number of nitrogens with one attached hydrogen (secondary N) is 1. The number of pyridine rings is 1. The van der Waals surface area contributed by atoms with E-state index in [9.17, 15) is 4.79 Å². The van der Waals surface area contributed by atoms with Gasteiger partial charge in [0.2, 0.25) is 5.91 Å². The van der Waals surface area contributed by atoms with Gasteiger partial charge in [0.15, 0.2) is 0 Å². The van der Waals surface area contributed by atoms with Gasteiger partial charge in [-0.1, -0.05) is 53.7 Å². The molecule has 0 saturated heterocycles. The summed E-state index contributed by atoms with van der Waals surface area (Å²) in [6.07, 6.45) is 6.61. The summed E-state index contributed by atoms with van der Waals surface area (Å²) in [5, 5.41) is 3.60. The Morgan fingerprint density at radius 2 is 1.72 bits per heavy atom. The van der Waals surface area contributed by atoms with Gasteiger partial charge in [-0.05, 0) is 60.2 Å². The minimum atomic E-state index is -0.227. The van der Waals surface area contributed by atoms with E-state index in [0.29, 0.717) is 22.2 Å². The lowest BCUT2D eigenvalue weighted by atomic mass is 10.2. The number of rotatable bonds is 7. The number of hydrogen-bond donors (Lipinski definition) is 1. The van der Waals surface area contributed by atoms with Crippen LogP contribution in [0.15, 0.2) is 113 Å². The molecule has 0 unspecified atom stereocenters. The molecule has 4 aromatic rings. The van der Waals surface area contributed by atoms with Crippen LogP contribution >= 0.6 is 23.4 Å². The number of anilines is 1. The lowest BCUT2D eigenvalue weighted by Crippen LogP contribution is -2.07. The summed E-state index contributed by atoms with van der Waals surface area (Å²) >= 11 is 7.55. The van der Waals surface area contributed by atoms with Crippen LogP contribution in [-0.4, -0.2) is 10.9 Å². The van der Waals surface area contributed by atoms with Crippen molar-refractivity contribution < 1.29 is 9.53 Å². The molecule has 0 aliphatic heterocycles. The average Bonchev–Trinajstić information content (AvgIpc) is 2.80. The molecule has 1 N–H and O–H groups in total. The lowest BCUT2D eigenvalue weighted by Gasteiger charge is -2.11. The minimum absolute atomic E-state index is 0.227. The van der Waals surface area contributed by atoms with Gasteiger partial charge in [0.25, 0.3) is 0 Å². The van der Waals surface area contributed by atoms with Gasteiger partial charge in [0.1, 0.15) is 11.5 Å². The molecule has 1 heterocycles. The number of benzene rings is 3. The molecule has 6 heteroatoms. The Hall–Kier alpha value is -3.54. The molecule has 1 aromatic heterocycles. The number of aromatic nitrogens is 1. The van der Waals surface area contributed by atoms with Crippen LogP contribution in [0.4, 0.5) is 5.69 Å². The minimum Gasteiger partial charge on any atom is -0.456 e. The van der Waals surface area contributed by atoms with Gasteiger partial charge in [0.05, 0.1) is 6.20 Å². The van der Waals surface area contributed by atoms with Crippen LogP contribution in [0.1, 0.15) is 5.56 Å². The number of hydrogen-bond acceptors (Lipinski definition) is 4. The Bertz CT molecular complexity index is 1210. The molecule has 158 valence electrons. The number of amides is 1. The van der Waals surface area contributed by atoms with E-state index in [2.05, 4.69) is 10.3 Å². The zero-order valence-electron chi connectivity index (χ0n) is 16.9. The van der Waals surface area contributed by atoms with Crippen molar-refractivity contribution in [1.82, 2.24) is 4.98 Å². The summed E-state index contributed by atoms with van der Waals surface area (Å²) in [4.78, 5) is 18.5. The maximum absolute atomic E-state index is 12.5. The maximum Gasteiger partial charge on any atom is 0.248 e. The molecular weight excluding hydrogens is 440 g/mol. The van der Waals surface area contributed by atoms with Crippen LogP contribution in [0.25, 0.3) is 6.08 Å². The Balaban J connectivity index is 1.56. The van der Waals surface area contributed by atoms with Crippen molar-refractivity contribution in [3.8, 4) is 11.5 Å². The zero-order valence-corrected chi connectivity index (χ0v) is 18.5. The maximum atomic E-state index is 12.5. The van der Waals surface area contributed by atoms with Gasteiger partial charge in [-0.3, -0.25) is 9.78 Å². The number of carbonyl (C=O) groups excluding carboxylic acids is 1. The Morgan fingerprint density at radius 1 is 0.906 bits per heavy atom. The highest BCUT2D eigenvalue weighted by atomic mass is 35.5. The largest absolute Gasteiger partial charge is 0.456 e. The Morgan fingerprint density at radius 3 is 2.47 bits per heavy atom. The van der Waals surface area contributed by atoms with Gasteiger partial charge >= 0.3 is 0 Å². The highest BCUT2D eigenvalue weighted by Crippen LogP contribution is 2.35. The molecule has 0 radical (unpaired) electrons. The van der Waals surface area contributed by atoms with E-state index >= 15 is 0 Å². The standard InChI is InChI=1S/C26H19ClN2O2S/c27-20-9-11-24(12-10-20)32-25-16-21(15-23(17-25)31-22-7-4-14-28-18-22)29-26(30)13-8-19-5-2-1-3-6-19/h1-18H,(H,29,30)/b13-8+. The predicted octanol–water partition coefficient (Wildman–Crippen LogP) is 7.33. The first-order chi connectivity index (χ1) is 15.6. The second-order valence-corrected chi connectivity index (χ2v) is 8.36. The normalized spacial score (nSPS) is 10.8. The van der Waals surface area contributed by atoms with Crippen molar-refractivity contribution >= 4 is 41.0 Å². The van der Waals surface area contributed by atoms with E-state index < -0.39 is 0 Å². The quantitative estimate of drug-likeness (QED) is 0.294. The van der Waals surface area contributed by atoms with Gasteiger partial charge in [-0.15, -0.1) is 0 Å². The molecule has 4 rings (SSSR count). The van der Waals surface area contributed by atoms with Crippen molar-refractivity contribution in [3.05, 3.63) is 114 Å². The summed E-state index contributed by atoms with van der Waals surface area (Å²) in [5.41, 5.74) is 1.58. The molecule has 3 aromatic carbocycles. The SMILES string of the molecule is O=C(/C=C/c1ccccc1)Nc1cc(Oc2cccnc2)cc(Sc2ccc(Cl)cc2)c1. The average molecular weight is 459 g/mol. The van der Waals surface area contributed by atoms with Crippen LogP contribution in [-0.2, 0) is 4.79 Å². The predicted molar refractivity (Wildman–Crippen MR) is 130 cm³/mol. The van der Waals surface area contributed by atoms with Crippen molar-refractivity contribution in [2.75, 3.05) is 5.32 Å². The van der Waals surface area contributed by atoms with Crippen LogP contribution < -0.4 is 10.1 Å². The fraction of sp³-hybridized carbons (Fsp3) is 0. The molecule has 0 saturated carbocycles. The highest BCUT2D eigenvalue weighted by Gasteiger charge is 2.08. The van der Waals surface area contributed by atoms with E-state index in [4.69, 9.17) is 16.3 Å². The van der Waals surface area contributed by atoms with Crippen molar-refractivity contribution in [2.45, 2.75) is 9.79 Å². The van der Waals surface area contributed by atoms with Gasteiger partial charge < -0.3 is 10.1 Å². The highest BCUT2D eigenvalue weighted by molar-refractivity contribution is 7.99. The molecular formula is C26H19ClN2O2S. The Kier molecular flexibility index (Phi) is 7.23. The van der Waals surface area contributed by atoms with Crippen LogP contribution in [0.2, 0.25) is 5.02 Å². The fourth-order valence-corrected chi connectivity index (χ4v) is 3.90. The lowest BCUT2D eigenvalue weighted by molar-refractivity contribution is -0.111. The van der Waals surface area contributed by atoms with Crippen molar-refractivity contribution in [1.29, 1.82) is 0 Å².